The van der Waals surface area contributed by atoms with Gasteiger partial charge >= 0.3 is 0 Å². The van der Waals surface area contributed by atoms with Crippen LogP contribution in [0.4, 0.5) is 4.39 Å². The molecule has 1 aliphatic rings. The Labute approximate surface area is 134 Å². The molecule has 0 atom stereocenters. The maximum absolute atomic E-state index is 13.6. The lowest BCUT2D eigenvalue weighted by molar-refractivity contribution is 0.304. The van der Waals surface area contributed by atoms with Crippen LogP contribution in [0.25, 0.3) is 0 Å². The first-order valence-electron chi connectivity index (χ1n) is 7.18. The number of hydrogen-bond donors (Lipinski definition) is 1. The van der Waals surface area contributed by atoms with Gasteiger partial charge in [-0.2, -0.15) is 5.10 Å². The van der Waals surface area contributed by atoms with E-state index in [-0.39, 0.29) is 5.82 Å². The Morgan fingerprint density at radius 1 is 1.26 bits per heavy atom. The minimum atomic E-state index is -0.370. The molecule has 0 saturated heterocycles. The van der Waals surface area contributed by atoms with E-state index in [1.807, 2.05) is 30.3 Å². The van der Waals surface area contributed by atoms with Gasteiger partial charge in [-0.25, -0.2) is 4.39 Å². The van der Waals surface area contributed by atoms with Crippen LogP contribution in [-0.2, 0) is 6.61 Å². The number of halogens is 1. The van der Waals surface area contributed by atoms with Crippen molar-refractivity contribution in [1.82, 2.24) is 5.01 Å². The molecule has 1 aliphatic heterocycles. The van der Waals surface area contributed by atoms with E-state index in [2.05, 4.69) is 11.7 Å². The molecule has 0 spiro atoms. The summed E-state index contributed by atoms with van der Waals surface area (Å²) in [7, 11) is 0. The molecule has 0 radical (unpaired) electrons. The molecule has 0 amide bonds. The Kier molecular flexibility index (Phi) is 4.19. The summed E-state index contributed by atoms with van der Waals surface area (Å²) in [5.74, 6) is 0.0468. The molecule has 2 aromatic carbocycles. The fourth-order valence-electron chi connectivity index (χ4n) is 2.37. The lowest BCUT2D eigenvalue weighted by Gasteiger charge is -2.12. The van der Waals surface area contributed by atoms with E-state index in [0.29, 0.717) is 30.2 Å². The van der Waals surface area contributed by atoms with E-state index in [0.717, 1.165) is 17.5 Å². The summed E-state index contributed by atoms with van der Waals surface area (Å²) in [6.45, 7) is 4.76. The monoisotopic (exact) mass is 309 g/mol. The standard InChI is InChI=1S/C18H16FN3O/c1-13-10-22(12-20)21-18(13)16-8-7-15(19)9-17(16)23-11-14-5-3-2-4-6-14/h2-9,12,20H,1,10-11H2. The number of hydrazone groups is 1. The maximum atomic E-state index is 13.6. The fourth-order valence-corrected chi connectivity index (χ4v) is 2.37. The predicted octanol–water partition coefficient (Wildman–Crippen LogP) is 3.59. The molecular formula is C18H16FN3O. The van der Waals surface area contributed by atoms with E-state index in [4.69, 9.17) is 10.1 Å². The molecule has 1 heterocycles. The third kappa shape index (κ3) is 3.29. The van der Waals surface area contributed by atoms with Gasteiger partial charge < -0.3 is 4.74 Å². The Hall–Kier alpha value is -2.95. The summed E-state index contributed by atoms with van der Waals surface area (Å²) in [4.78, 5) is 0. The normalized spacial score (nSPS) is 13.9. The van der Waals surface area contributed by atoms with E-state index in [1.165, 1.54) is 17.1 Å². The minimum absolute atomic E-state index is 0.339. The minimum Gasteiger partial charge on any atom is -0.488 e. The average molecular weight is 309 g/mol. The third-order valence-corrected chi connectivity index (χ3v) is 3.50. The zero-order valence-electron chi connectivity index (χ0n) is 12.5. The van der Waals surface area contributed by atoms with Crippen molar-refractivity contribution < 1.29 is 9.13 Å². The first kappa shape index (κ1) is 15.0. The van der Waals surface area contributed by atoms with Crippen molar-refractivity contribution in [1.29, 1.82) is 5.41 Å². The summed E-state index contributed by atoms with van der Waals surface area (Å²) in [5.41, 5.74) is 3.06. The zero-order valence-corrected chi connectivity index (χ0v) is 12.5. The van der Waals surface area contributed by atoms with Gasteiger partial charge in [0.2, 0.25) is 0 Å². The second-order valence-corrected chi connectivity index (χ2v) is 5.19. The van der Waals surface area contributed by atoms with Gasteiger partial charge in [0.15, 0.2) is 0 Å². The molecule has 0 saturated carbocycles. The van der Waals surface area contributed by atoms with Crippen molar-refractivity contribution in [2.45, 2.75) is 6.61 Å². The molecule has 23 heavy (non-hydrogen) atoms. The van der Waals surface area contributed by atoms with Crippen LogP contribution in [0.15, 0.2) is 65.8 Å². The highest BCUT2D eigenvalue weighted by atomic mass is 19.1. The molecule has 2 aromatic rings. The van der Waals surface area contributed by atoms with E-state index in [9.17, 15) is 4.39 Å². The largest absolute Gasteiger partial charge is 0.488 e. The van der Waals surface area contributed by atoms with Crippen molar-refractivity contribution in [2.24, 2.45) is 5.10 Å². The molecular weight excluding hydrogens is 293 g/mol. The van der Waals surface area contributed by atoms with Crippen LogP contribution in [-0.4, -0.2) is 23.6 Å². The summed E-state index contributed by atoms with van der Waals surface area (Å²) < 4.78 is 19.4. The van der Waals surface area contributed by atoms with Crippen LogP contribution in [0.3, 0.4) is 0 Å². The Bertz CT molecular complexity index is 771. The van der Waals surface area contributed by atoms with Gasteiger partial charge in [0.25, 0.3) is 0 Å². The molecule has 3 rings (SSSR count). The van der Waals surface area contributed by atoms with E-state index >= 15 is 0 Å². The van der Waals surface area contributed by atoms with Gasteiger partial charge in [-0.05, 0) is 23.3 Å². The Balaban J connectivity index is 1.89. The SMILES string of the molecule is C=C1CN(C=N)N=C1c1ccc(F)cc1OCc1ccccc1. The smallest absolute Gasteiger partial charge is 0.132 e. The number of hydrogen-bond acceptors (Lipinski definition) is 3. The molecule has 0 aromatic heterocycles. The van der Waals surface area contributed by atoms with Crippen LogP contribution in [0.2, 0.25) is 0 Å². The van der Waals surface area contributed by atoms with Crippen LogP contribution < -0.4 is 4.74 Å². The Morgan fingerprint density at radius 2 is 2.04 bits per heavy atom. The van der Waals surface area contributed by atoms with Gasteiger partial charge in [0.1, 0.15) is 24.5 Å². The maximum Gasteiger partial charge on any atom is 0.132 e. The van der Waals surface area contributed by atoms with Gasteiger partial charge in [-0.1, -0.05) is 36.9 Å². The topological polar surface area (TPSA) is 48.7 Å². The number of ether oxygens (including phenoxy) is 1. The quantitative estimate of drug-likeness (QED) is 0.678. The highest BCUT2D eigenvalue weighted by Crippen LogP contribution is 2.27. The summed E-state index contributed by atoms with van der Waals surface area (Å²) in [6, 6.07) is 14.0. The van der Waals surface area contributed by atoms with Gasteiger partial charge in [0.05, 0.1) is 12.3 Å². The summed E-state index contributed by atoms with van der Waals surface area (Å²) in [5, 5.41) is 13.1. The van der Waals surface area contributed by atoms with E-state index < -0.39 is 0 Å². The van der Waals surface area contributed by atoms with Crippen molar-refractivity contribution in [2.75, 3.05) is 6.54 Å². The predicted molar refractivity (Wildman–Crippen MR) is 88.3 cm³/mol. The molecule has 4 nitrogen and oxygen atoms in total. The zero-order chi connectivity index (χ0) is 16.2. The third-order valence-electron chi connectivity index (χ3n) is 3.50. The molecule has 0 aliphatic carbocycles. The number of nitrogens with zero attached hydrogens (tertiary/aromatic N) is 2. The van der Waals surface area contributed by atoms with Crippen LogP contribution in [0.1, 0.15) is 11.1 Å². The first-order valence-corrected chi connectivity index (χ1v) is 7.18. The van der Waals surface area contributed by atoms with Crippen molar-refractivity contribution >= 4 is 12.1 Å². The molecule has 116 valence electrons. The van der Waals surface area contributed by atoms with Gasteiger partial charge in [-0.3, -0.25) is 10.4 Å². The van der Waals surface area contributed by atoms with Crippen LogP contribution in [0, 0.1) is 11.2 Å². The van der Waals surface area contributed by atoms with Crippen molar-refractivity contribution in [3.8, 4) is 5.75 Å². The van der Waals surface area contributed by atoms with Crippen LogP contribution in [0.5, 0.6) is 5.75 Å². The second kappa shape index (κ2) is 6.44. The fraction of sp³-hybridized carbons (Fsp3) is 0.111. The van der Waals surface area contributed by atoms with E-state index in [1.54, 1.807) is 6.07 Å². The second-order valence-electron chi connectivity index (χ2n) is 5.19. The van der Waals surface area contributed by atoms with Gasteiger partial charge in [0, 0.05) is 11.6 Å². The molecule has 1 N–H and O–H groups in total. The molecule has 0 bridgehead atoms. The molecule has 5 heteroatoms. The van der Waals surface area contributed by atoms with Crippen molar-refractivity contribution in [3.63, 3.8) is 0 Å². The Morgan fingerprint density at radius 3 is 2.74 bits per heavy atom. The average Bonchev–Trinajstić information content (AvgIpc) is 2.95. The lowest BCUT2D eigenvalue weighted by atomic mass is 10.0. The lowest BCUT2D eigenvalue weighted by Crippen LogP contribution is -2.10. The number of rotatable bonds is 5. The van der Waals surface area contributed by atoms with Crippen molar-refractivity contribution in [3.05, 3.63) is 77.6 Å². The highest BCUT2D eigenvalue weighted by Gasteiger charge is 2.22. The number of benzene rings is 2. The van der Waals surface area contributed by atoms with Crippen LogP contribution >= 0.6 is 0 Å². The summed E-state index contributed by atoms with van der Waals surface area (Å²) in [6.07, 6.45) is 1.13. The highest BCUT2D eigenvalue weighted by molar-refractivity contribution is 6.15. The molecule has 0 fully saturated rings. The van der Waals surface area contributed by atoms with Gasteiger partial charge in [-0.15, -0.1) is 0 Å². The summed E-state index contributed by atoms with van der Waals surface area (Å²) >= 11 is 0. The number of nitrogens with one attached hydrogen (secondary N) is 1. The first-order chi connectivity index (χ1) is 11.2. The molecule has 0 unspecified atom stereocenters.